The second-order valence-corrected chi connectivity index (χ2v) is 5.97. The van der Waals surface area contributed by atoms with Gasteiger partial charge in [-0.25, -0.2) is 0 Å². The molecule has 0 saturated carbocycles. The van der Waals surface area contributed by atoms with Crippen molar-refractivity contribution in [3.8, 4) is 28.5 Å². The maximum absolute atomic E-state index is 12.8. The van der Waals surface area contributed by atoms with Gasteiger partial charge in [0, 0.05) is 28.4 Å². The van der Waals surface area contributed by atoms with Crippen LogP contribution in [0.1, 0.15) is 10.4 Å². The molecule has 0 aliphatic heterocycles. The number of amides is 1. The van der Waals surface area contributed by atoms with E-state index in [1.54, 1.807) is 24.3 Å². The molecule has 3 rings (SSSR count). The molecule has 2 N–H and O–H groups in total. The number of aromatic amines is 1. The summed E-state index contributed by atoms with van der Waals surface area (Å²) in [5, 5.41) is 10.3. The minimum atomic E-state index is -0.331. The molecule has 0 fully saturated rings. The number of hydrogen-bond acceptors (Lipinski definition) is 5. The Labute approximate surface area is 161 Å². The zero-order chi connectivity index (χ0) is 19.4. The molecule has 0 aliphatic rings. The number of ether oxygens (including phenoxy) is 3. The van der Waals surface area contributed by atoms with Crippen molar-refractivity contribution in [1.82, 2.24) is 10.2 Å². The number of carbonyl (C=O) groups is 1. The number of carbonyl (C=O) groups excluding carboxylic acids is 1. The normalized spacial score (nSPS) is 10.4. The molecular weight excluding hydrogens is 370 g/mol. The van der Waals surface area contributed by atoms with Crippen molar-refractivity contribution in [2.24, 2.45) is 0 Å². The zero-order valence-electron chi connectivity index (χ0n) is 15.0. The van der Waals surface area contributed by atoms with E-state index in [1.165, 1.54) is 27.5 Å². The van der Waals surface area contributed by atoms with Crippen molar-refractivity contribution in [3.05, 3.63) is 53.2 Å². The molecule has 7 nitrogen and oxygen atoms in total. The second kappa shape index (κ2) is 8.01. The van der Waals surface area contributed by atoms with Gasteiger partial charge in [0.05, 0.1) is 38.8 Å². The predicted octanol–water partition coefficient (Wildman–Crippen LogP) is 4.01. The third-order valence-corrected chi connectivity index (χ3v) is 4.19. The van der Waals surface area contributed by atoms with Gasteiger partial charge in [-0.05, 0) is 12.1 Å². The van der Waals surface area contributed by atoms with Crippen LogP contribution in [-0.4, -0.2) is 37.4 Å². The first-order chi connectivity index (χ1) is 13.1. The molecular formula is C19H18ClN3O4. The Bertz CT molecular complexity index is 929. The number of benzene rings is 2. The van der Waals surface area contributed by atoms with Gasteiger partial charge in [0.15, 0.2) is 11.5 Å². The first-order valence-corrected chi connectivity index (χ1v) is 8.35. The van der Waals surface area contributed by atoms with Crippen molar-refractivity contribution in [3.63, 3.8) is 0 Å². The van der Waals surface area contributed by atoms with Crippen molar-refractivity contribution in [2.45, 2.75) is 0 Å². The summed E-state index contributed by atoms with van der Waals surface area (Å²) in [5.41, 5.74) is 2.28. The van der Waals surface area contributed by atoms with Crippen molar-refractivity contribution in [2.75, 3.05) is 26.6 Å². The van der Waals surface area contributed by atoms with Crippen LogP contribution in [0.15, 0.2) is 42.6 Å². The molecule has 0 atom stereocenters. The van der Waals surface area contributed by atoms with Crippen molar-refractivity contribution >= 4 is 23.2 Å². The van der Waals surface area contributed by atoms with E-state index in [0.717, 1.165) is 5.56 Å². The SMILES string of the molecule is COc1cc(NC(=O)c2cn[nH]c2-c2ccc(Cl)cc2)cc(OC)c1OC. The average Bonchev–Trinajstić information content (AvgIpc) is 3.17. The Hall–Kier alpha value is -3.19. The molecule has 0 bridgehead atoms. The summed E-state index contributed by atoms with van der Waals surface area (Å²) < 4.78 is 15.9. The van der Waals surface area contributed by atoms with Crippen LogP contribution in [0.4, 0.5) is 5.69 Å². The molecule has 3 aromatic rings. The van der Waals surface area contributed by atoms with Crippen LogP contribution in [0.25, 0.3) is 11.3 Å². The highest BCUT2D eigenvalue weighted by Crippen LogP contribution is 2.40. The maximum atomic E-state index is 12.8. The molecule has 1 amide bonds. The van der Waals surface area contributed by atoms with Crippen LogP contribution < -0.4 is 19.5 Å². The summed E-state index contributed by atoms with van der Waals surface area (Å²) in [6.45, 7) is 0. The van der Waals surface area contributed by atoms with E-state index in [-0.39, 0.29) is 5.91 Å². The minimum absolute atomic E-state index is 0.331. The summed E-state index contributed by atoms with van der Waals surface area (Å²) in [5.74, 6) is 1.00. The summed E-state index contributed by atoms with van der Waals surface area (Å²) in [4.78, 5) is 12.8. The lowest BCUT2D eigenvalue weighted by Crippen LogP contribution is -2.12. The van der Waals surface area contributed by atoms with Crippen molar-refractivity contribution < 1.29 is 19.0 Å². The number of hydrogen-bond donors (Lipinski definition) is 2. The van der Waals surface area contributed by atoms with Gasteiger partial charge in [-0.2, -0.15) is 5.10 Å². The predicted molar refractivity (Wildman–Crippen MR) is 103 cm³/mol. The summed E-state index contributed by atoms with van der Waals surface area (Å²) in [6.07, 6.45) is 1.47. The Morgan fingerprint density at radius 2 is 1.67 bits per heavy atom. The van der Waals surface area contributed by atoms with Gasteiger partial charge >= 0.3 is 0 Å². The molecule has 0 radical (unpaired) electrons. The molecule has 1 aromatic heterocycles. The third kappa shape index (κ3) is 3.83. The van der Waals surface area contributed by atoms with Crippen LogP contribution in [-0.2, 0) is 0 Å². The Morgan fingerprint density at radius 3 is 2.22 bits per heavy atom. The number of anilines is 1. The Balaban J connectivity index is 1.91. The highest BCUT2D eigenvalue weighted by Gasteiger charge is 2.18. The fourth-order valence-corrected chi connectivity index (χ4v) is 2.77. The Kier molecular flexibility index (Phi) is 5.52. The number of nitrogens with zero attached hydrogens (tertiary/aromatic N) is 1. The standard InChI is InChI=1S/C19H18ClN3O4/c1-25-15-8-13(9-16(26-2)18(15)27-3)22-19(24)14-10-21-23-17(14)11-4-6-12(20)7-5-11/h4-10H,1-3H3,(H,21,23)(H,22,24). The Morgan fingerprint density at radius 1 is 1.04 bits per heavy atom. The van der Waals surface area contributed by atoms with Crippen LogP contribution >= 0.6 is 11.6 Å². The van der Waals surface area contributed by atoms with E-state index in [9.17, 15) is 4.79 Å². The fraction of sp³-hybridized carbons (Fsp3) is 0.158. The molecule has 140 valence electrons. The zero-order valence-corrected chi connectivity index (χ0v) is 15.8. The number of halogens is 1. The number of aromatic nitrogens is 2. The summed E-state index contributed by atoms with van der Waals surface area (Å²) in [7, 11) is 4.54. The molecule has 8 heteroatoms. The smallest absolute Gasteiger partial charge is 0.259 e. The van der Waals surface area contributed by atoms with Crippen LogP contribution in [0, 0.1) is 0 Å². The molecule has 1 heterocycles. The molecule has 0 aliphatic carbocycles. The largest absolute Gasteiger partial charge is 0.493 e. The lowest BCUT2D eigenvalue weighted by molar-refractivity contribution is 0.102. The van der Waals surface area contributed by atoms with E-state index in [4.69, 9.17) is 25.8 Å². The van der Waals surface area contributed by atoms with Gasteiger partial charge in [0.25, 0.3) is 5.91 Å². The van der Waals surface area contributed by atoms with Gasteiger partial charge < -0.3 is 19.5 Å². The monoisotopic (exact) mass is 387 g/mol. The average molecular weight is 388 g/mol. The maximum Gasteiger partial charge on any atom is 0.259 e. The van der Waals surface area contributed by atoms with Gasteiger partial charge in [-0.1, -0.05) is 23.7 Å². The van der Waals surface area contributed by atoms with Gasteiger partial charge in [-0.15, -0.1) is 0 Å². The van der Waals surface area contributed by atoms with Crippen LogP contribution in [0.5, 0.6) is 17.2 Å². The van der Waals surface area contributed by atoms with Crippen LogP contribution in [0.3, 0.4) is 0 Å². The van der Waals surface area contributed by atoms with E-state index in [2.05, 4.69) is 15.5 Å². The van der Waals surface area contributed by atoms with E-state index in [0.29, 0.717) is 39.2 Å². The molecule has 0 saturated heterocycles. The quantitative estimate of drug-likeness (QED) is 0.667. The molecule has 2 aromatic carbocycles. The summed E-state index contributed by atoms with van der Waals surface area (Å²) in [6, 6.07) is 10.4. The topological polar surface area (TPSA) is 85.5 Å². The number of nitrogens with one attached hydrogen (secondary N) is 2. The minimum Gasteiger partial charge on any atom is -0.493 e. The summed E-state index contributed by atoms with van der Waals surface area (Å²) >= 11 is 5.93. The number of rotatable bonds is 6. The third-order valence-electron chi connectivity index (χ3n) is 3.94. The van der Waals surface area contributed by atoms with Crippen LogP contribution in [0.2, 0.25) is 5.02 Å². The molecule has 0 spiro atoms. The molecule has 27 heavy (non-hydrogen) atoms. The van der Waals surface area contributed by atoms with Gasteiger partial charge in [-0.3, -0.25) is 9.89 Å². The number of methoxy groups -OCH3 is 3. The highest BCUT2D eigenvalue weighted by atomic mass is 35.5. The fourth-order valence-electron chi connectivity index (χ4n) is 2.65. The van der Waals surface area contributed by atoms with E-state index >= 15 is 0 Å². The number of H-pyrrole nitrogens is 1. The second-order valence-electron chi connectivity index (χ2n) is 5.53. The van der Waals surface area contributed by atoms with E-state index in [1.807, 2.05) is 12.1 Å². The van der Waals surface area contributed by atoms with Gasteiger partial charge in [0.1, 0.15) is 0 Å². The first-order valence-electron chi connectivity index (χ1n) is 7.98. The first kappa shape index (κ1) is 18.6. The van der Waals surface area contributed by atoms with Gasteiger partial charge in [0.2, 0.25) is 5.75 Å². The molecule has 0 unspecified atom stereocenters. The van der Waals surface area contributed by atoms with Crippen molar-refractivity contribution in [1.29, 1.82) is 0 Å². The highest BCUT2D eigenvalue weighted by molar-refractivity contribution is 6.30. The van der Waals surface area contributed by atoms with E-state index < -0.39 is 0 Å². The lowest BCUT2D eigenvalue weighted by atomic mass is 10.1. The lowest BCUT2D eigenvalue weighted by Gasteiger charge is -2.14.